The zero-order valence-corrected chi connectivity index (χ0v) is 18.2. The van der Waals surface area contributed by atoms with Crippen LogP contribution in [0.3, 0.4) is 0 Å². The quantitative estimate of drug-likeness (QED) is 0.697. The molecule has 30 heavy (non-hydrogen) atoms. The molecule has 2 aliphatic heterocycles. The number of fused-ring (bicyclic) bond motifs is 1. The summed E-state index contributed by atoms with van der Waals surface area (Å²) in [6, 6.07) is 16.3. The van der Waals surface area contributed by atoms with E-state index in [9.17, 15) is 4.79 Å². The predicted octanol–water partition coefficient (Wildman–Crippen LogP) is 3.87. The summed E-state index contributed by atoms with van der Waals surface area (Å²) < 4.78 is 1.83. The van der Waals surface area contributed by atoms with E-state index in [1.807, 2.05) is 46.1 Å². The van der Waals surface area contributed by atoms with Gasteiger partial charge in [-0.05, 0) is 43.4 Å². The van der Waals surface area contributed by atoms with Crippen molar-refractivity contribution in [1.29, 1.82) is 0 Å². The molecule has 0 spiro atoms. The van der Waals surface area contributed by atoms with Gasteiger partial charge in [-0.2, -0.15) is 5.10 Å². The SMILES string of the molecule is Cc1ccc(-c2nn(-c3ccccc3)cc2C(=O)N2C[C@H]3CNC[C@H]3C2)c(C)c1.Cl. The van der Waals surface area contributed by atoms with Gasteiger partial charge in [-0.15, -0.1) is 12.4 Å². The van der Waals surface area contributed by atoms with Crippen LogP contribution >= 0.6 is 12.4 Å². The first kappa shape index (κ1) is 20.6. The van der Waals surface area contributed by atoms with Crippen LogP contribution in [0.4, 0.5) is 0 Å². The molecule has 2 aromatic carbocycles. The van der Waals surface area contributed by atoms with E-state index in [4.69, 9.17) is 5.10 Å². The number of para-hydroxylation sites is 1. The number of benzene rings is 2. The van der Waals surface area contributed by atoms with Crippen molar-refractivity contribution in [1.82, 2.24) is 20.0 Å². The Morgan fingerprint density at radius 1 is 1.03 bits per heavy atom. The van der Waals surface area contributed by atoms with Crippen LogP contribution in [0.5, 0.6) is 0 Å². The number of aryl methyl sites for hydroxylation is 2. The van der Waals surface area contributed by atoms with Crippen LogP contribution < -0.4 is 5.32 Å². The number of rotatable bonds is 3. The normalized spacial score (nSPS) is 20.1. The number of nitrogens with one attached hydrogen (secondary N) is 1. The molecule has 0 aliphatic carbocycles. The van der Waals surface area contributed by atoms with Crippen LogP contribution in [-0.2, 0) is 0 Å². The van der Waals surface area contributed by atoms with Gasteiger partial charge >= 0.3 is 0 Å². The molecule has 3 aromatic rings. The van der Waals surface area contributed by atoms with Gasteiger partial charge in [-0.1, -0.05) is 42.0 Å². The maximum absolute atomic E-state index is 13.5. The van der Waals surface area contributed by atoms with E-state index in [0.29, 0.717) is 17.4 Å². The Balaban J connectivity index is 0.00000218. The zero-order valence-electron chi connectivity index (χ0n) is 17.3. The monoisotopic (exact) mass is 422 g/mol. The molecule has 2 aliphatic rings. The van der Waals surface area contributed by atoms with Gasteiger partial charge in [0.05, 0.1) is 11.3 Å². The number of amides is 1. The predicted molar refractivity (Wildman–Crippen MR) is 121 cm³/mol. The fourth-order valence-electron chi connectivity index (χ4n) is 4.71. The Hall–Kier alpha value is -2.63. The molecule has 1 N–H and O–H groups in total. The first-order valence-electron chi connectivity index (χ1n) is 10.3. The molecule has 2 atom stereocenters. The first-order valence-corrected chi connectivity index (χ1v) is 10.3. The molecule has 2 fully saturated rings. The fourth-order valence-corrected chi connectivity index (χ4v) is 4.71. The van der Waals surface area contributed by atoms with Crippen LogP contribution in [0, 0.1) is 25.7 Å². The van der Waals surface area contributed by atoms with Crippen LogP contribution in [-0.4, -0.2) is 46.8 Å². The summed E-state index contributed by atoms with van der Waals surface area (Å²) in [6.07, 6.45) is 1.90. The molecule has 2 saturated heterocycles. The molecule has 156 valence electrons. The number of nitrogens with zero attached hydrogens (tertiary/aromatic N) is 3. The van der Waals surface area contributed by atoms with Crippen LogP contribution in [0.2, 0.25) is 0 Å². The topological polar surface area (TPSA) is 50.2 Å². The molecule has 0 unspecified atom stereocenters. The molecule has 0 radical (unpaired) electrons. The van der Waals surface area contributed by atoms with Crippen LogP contribution in [0.15, 0.2) is 54.7 Å². The highest BCUT2D eigenvalue weighted by atomic mass is 35.5. The second-order valence-corrected chi connectivity index (χ2v) is 8.38. The van der Waals surface area contributed by atoms with E-state index in [0.717, 1.165) is 48.7 Å². The third-order valence-electron chi connectivity index (χ3n) is 6.28. The minimum atomic E-state index is 0. The Morgan fingerprint density at radius 3 is 2.40 bits per heavy atom. The highest BCUT2D eigenvalue weighted by molar-refractivity contribution is 6.00. The minimum Gasteiger partial charge on any atom is -0.338 e. The van der Waals surface area contributed by atoms with E-state index in [1.165, 1.54) is 5.56 Å². The molecular formula is C24H27ClN4O. The van der Waals surface area contributed by atoms with Crippen molar-refractivity contribution < 1.29 is 4.79 Å². The molecule has 0 saturated carbocycles. The summed E-state index contributed by atoms with van der Waals surface area (Å²) in [4.78, 5) is 15.6. The number of carbonyl (C=O) groups is 1. The summed E-state index contributed by atoms with van der Waals surface area (Å²) in [5, 5.41) is 8.31. The van der Waals surface area contributed by atoms with Gasteiger partial charge in [-0.3, -0.25) is 4.79 Å². The van der Waals surface area contributed by atoms with Gasteiger partial charge in [0.25, 0.3) is 5.91 Å². The van der Waals surface area contributed by atoms with E-state index < -0.39 is 0 Å². The van der Waals surface area contributed by atoms with Crippen LogP contribution in [0.25, 0.3) is 16.9 Å². The molecule has 5 nitrogen and oxygen atoms in total. The maximum Gasteiger partial charge on any atom is 0.257 e. The molecule has 6 heteroatoms. The lowest BCUT2D eigenvalue weighted by Gasteiger charge is -2.17. The van der Waals surface area contributed by atoms with Gasteiger partial charge in [0.15, 0.2) is 0 Å². The third kappa shape index (κ3) is 3.64. The number of aromatic nitrogens is 2. The van der Waals surface area contributed by atoms with Crippen molar-refractivity contribution in [2.75, 3.05) is 26.2 Å². The lowest BCUT2D eigenvalue weighted by Crippen LogP contribution is -2.32. The van der Waals surface area contributed by atoms with Crippen molar-refractivity contribution in [2.24, 2.45) is 11.8 Å². The summed E-state index contributed by atoms with van der Waals surface area (Å²) in [5.74, 6) is 1.25. The van der Waals surface area contributed by atoms with Crippen molar-refractivity contribution in [2.45, 2.75) is 13.8 Å². The van der Waals surface area contributed by atoms with Gasteiger partial charge in [0.1, 0.15) is 5.69 Å². The summed E-state index contributed by atoms with van der Waals surface area (Å²) in [6.45, 7) is 7.87. The van der Waals surface area contributed by atoms with E-state index in [-0.39, 0.29) is 18.3 Å². The summed E-state index contributed by atoms with van der Waals surface area (Å²) in [7, 11) is 0. The highest BCUT2D eigenvalue weighted by Crippen LogP contribution is 2.32. The van der Waals surface area contributed by atoms with Gasteiger partial charge < -0.3 is 10.2 Å². The zero-order chi connectivity index (χ0) is 20.0. The van der Waals surface area contributed by atoms with Crippen molar-refractivity contribution in [3.05, 3.63) is 71.4 Å². The maximum atomic E-state index is 13.5. The molecule has 1 amide bonds. The Labute approximate surface area is 183 Å². The average molecular weight is 423 g/mol. The first-order chi connectivity index (χ1) is 14.1. The number of hydrogen-bond acceptors (Lipinski definition) is 3. The Kier molecular flexibility index (Phi) is 5.67. The number of likely N-dealkylation sites (tertiary alicyclic amines) is 1. The Bertz CT molecular complexity index is 1050. The summed E-state index contributed by atoms with van der Waals surface area (Å²) >= 11 is 0. The van der Waals surface area contributed by atoms with E-state index in [1.54, 1.807) is 0 Å². The fraction of sp³-hybridized carbons (Fsp3) is 0.333. The molecule has 0 bridgehead atoms. The van der Waals surface area contributed by atoms with Gasteiger partial charge in [0, 0.05) is 37.9 Å². The van der Waals surface area contributed by atoms with Crippen molar-refractivity contribution >= 4 is 18.3 Å². The molecule has 3 heterocycles. The minimum absolute atomic E-state index is 0. The van der Waals surface area contributed by atoms with Crippen molar-refractivity contribution in [3.63, 3.8) is 0 Å². The smallest absolute Gasteiger partial charge is 0.257 e. The standard InChI is InChI=1S/C24H26N4O.ClH/c1-16-8-9-21(17(2)10-16)23-22(15-28(26-23)20-6-4-3-5-7-20)24(29)27-13-18-11-25-12-19(18)14-27;/h3-10,15,18-19,25H,11-14H2,1-2H3;1H/t18-,19+;. The average Bonchev–Trinajstić information content (AvgIpc) is 3.43. The lowest BCUT2D eigenvalue weighted by atomic mass is 10.0. The Morgan fingerprint density at radius 2 is 1.73 bits per heavy atom. The van der Waals surface area contributed by atoms with Gasteiger partial charge in [0.2, 0.25) is 0 Å². The number of halogens is 1. The highest BCUT2D eigenvalue weighted by Gasteiger charge is 2.39. The molecular weight excluding hydrogens is 396 g/mol. The summed E-state index contributed by atoms with van der Waals surface area (Å²) in [5.41, 5.74) is 5.79. The molecule has 1 aromatic heterocycles. The van der Waals surface area contributed by atoms with E-state index >= 15 is 0 Å². The van der Waals surface area contributed by atoms with Gasteiger partial charge in [-0.25, -0.2) is 4.68 Å². The molecule has 5 rings (SSSR count). The van der Waals surface area contributed by atoms with Crippen LogP contribution in [0.1, 0.15) is 21.5 Å². The largest absolute Gasteiger partial charge is 0.338 e. The third-order valence-corrected chi connectivity index (χ3v) is 6.28. The van der Waals surface area contributed by atoms with E-state index in [2.05, 4.69) is 37.4 Å². The number of carbonyl (C=O) groups excluding carboxylic acids is 1. The number of hydrogen-bond donors (Lipinski definition) is 1. The second kappa shape index (κ2) is 8.25. The second-order valence-electron chi connectivity index (χ2n) is 8.38. The lowest BCUT2D eigenvalue weighted by molar-refractivity contribution is 0.0782. The van der Waals surface area contributed by atoms with Crippen molar-refractivity contribution in [3.8, 4) is 16.9 Å².